The van der Waals surface area contributed by atoms with E-state index in [-0.39, 0.29) is 15.6 Å². The fourth-order valence-corrected chi connectivity index (χ4v) is 5.93. The van der Waals surface area contributed by atoms with Crippen LogP contribution in [0.2, 0.25) is 5.02 Å². The third-order valence-corrected chi connectivity index (χ3v) is 8.07. The van der Waals surface area contributed by atoms with Gasteiger partial charge in [0.05, 0.1) is 15.9 Å². The van der Waals surface area contributed by atoms with Gasteiger partial charge in [-0.15, -0.1) is 0 Å². The number of fused-ring (bicyclic) bond motifs is 2. The number of benzene rings is 2. The third-order valence-electron chi connectivity index (χ3n) is 5.98. The van der Waals surface area contributed by atoms with Crippen molar-refractivity contribution in [2.24, 2.45) is 0 Å². The first kappa shape index (κ1) is 21.0. The zero-order valence-electron chi connectivity index (χ0n) is 17.5. The van der Waals surface area contributed by atoms with Gasteiger partial charge in [-0.05, 0) is 68.5 Å². The standard InChI is InChI=1S/C24H23ClN4O2S/c25-17-10-12-18(13-11-17)32(30,31)22-21-24(28-20-9-5-4-8-19(20)27-21)29(23(22)26)15-14-16-6-2-1-3-7-16/h4-6,8-13H,1-3,7,14-15,26H2. The van der Waals surface area contributed by atoms with Crippen molar-refractivity contribution in [1.29, 1.82) is 0 Å². The van der Waals surface area contributed by atoms with Crippen LogP contribution in [-0.2, 0) is 16.4 Å². The Kier molecular flexibility index (Phi) is 5.39. The lowest BCUT2D eigenvalue weighted by molar-refractivity contribution is 0.596. The molecule has 1 aliphatic carbocycles. The van der Waals surface area contributed by atoms with Crippen LogP contribution in [-0.4, -0.2) is 23.0 Å². The van der Waals surface area contributed by atoms with Crippen molar-refractivity contribution in [3.8, 4) is 0 Å². The van der Waals surface area contributed by atoms with Crippen LogP contribution in [0, 0.1) is 0 Å². The van der Waals surface area contributed by atoms with E-state index in [9.17, 15) is 8.42 Å². The first-order valence-corrected chi connectivity index (χ1v) is 12.5. The Balaban J connectivity index is 1.71. The summed E-state index contributed by atoms with van der Waals surface area (Å²) in [6.45, 7) is 0.553. The maximum absolute atomic E-state index is 13.6. The monoisotopic (exact) mass is 466 g/mol. The minimum absolute atomic E-state index is 0.00528. The zero-order chi connectivity index (χ0) is 22.3. The number of anilines is 1. The van der Waals surface area contributed by atoms with Gasteiger partial charge in [0.1, 0.15) is 16.2 Å². The maximum atomic E-state index is 13.6. The molecule has 0 spiro atoms. The van der Waals surface area contributed by atoms with Crippen LogP contribution in [0.5, 0.6) is 0 Å². The summed E-state index contributed by atoms with van der Waals surface area (Å²) in [6, 6.07) is 13.5. The van der Waals surface area contributed by atoms with E-state index in [4.69, 9.17) is 22.3 Å². The van der Waals surface area contributed by atoms with Crippen LogP contribution < -0.4 is 5.73 Å². The van der Waals surface area contributed by atoms with E-state index in [1.54, 1.807) is 16.7 Å². The van der Waals surface area contributed by atoms with Crippen LogP contribution in [0.15, 0.2) is 70.0 Å². The molecule has 0 saturated heterocycles. The molecule has 4 aromatic rings. The number of halogens is 1. The molecule has 0 fully saturated rings. The number of rotatable bonds is 5. The van der Waals surface area contributed by atoms with E-state index < -0.39 is 9.84 Å². The van der Waals surface area contributed by atoms with E-state index in [0.717, 1.165) is 19.3 Å². The summed E-state index contributed by atoms with van der Waals surface area (Å²) in [4.78, 5) is 9.57. The summed E-state index contributed by atoms with van der Waals surface area (Å²) in [6.07, 6.45) is 7.68. The summed E-state index contributed by atoms with van der Waals surface area (Å²) < 4.78 is 29.0. The van der Waals surface area contributed by atoms with Crippen LogP contribution in [0.4, 0.5) is 5.82 Å². The topological polar surface area (TPSA) is 90.9 Å². The number of hydrogen-bond acceptors (Lipinski definition) is 5. The Labute approximate surface area is 191 Å². The molecular weight excluding hydrogens is 444 g/mol. The first-order valence-electron chi connectivity index (χ1n) is 10.7. The van der Waals surface area contributed by atoms with Crippen molar-refractivity contribution in [2.45, 2.75) is 48.4 Å². The van der Waals surface area contributed by atoms with Gasteiger partial charge < -0.3 is 10.3 Å². The van der Waals surface area contributed by atoms with E-state index in [0.29, 0.717) is 33.8 Å². The molecule has 1 aliphatic rings. The number of sulfone groups is 1. The number of aryl methyl sites for hydroxylation is 1. The van der Waals surface area contributed by atoms with E-state index in [1.807, 2.05) is 24.3 Å². The molecule has 6 nitrogen and oxygen atoms in total. The molecule has 2 aromatic heterocycles. The van der Waals surface area contributed by atoms with E-state index in [1.165, 1.54) is 30.5 Å². The normalized spacial score (nSPS) is 14.7. The molecule has 164 valence electrons. The van der Waals surface area contributed by atoms with Gasteiger partial charge in [0.2, 0.25) is 9.84 Å². The van der Waals surface area contributed by atoms with Gasteiger partial charge in [0, 0.05) is 11.6 Å². The van der Waals surface area contributed by atoms with Crippen molar-refractivity contribution in [1.82, 2.24) is 14.5 Å². The summed E-state index contributed by atoms with van der Waals surface area (Å²) in [5.74, 6) is 0.168. The summed E-state index contributed by atoms with van der Waals surface area (Å²) in [5, 5.41) is 0.464. The zero-order valence-corrected chi connectivity index (χ0v) is 19.0. The maximum Gasteiger partial charge on any atom is 0.212 e. The number of nitrogen functional groups attached to an aromatic ring is 1. The molecule has 0 amide bonds. The number of hydrogen-bond donors (Lipinski definition) is 1. The average molecular weight is 467 g/mol. The number of nitrogens with zero attached hydrogens (tertiary/aromatic N) is 3. The minimum Gasteiger partial charge on any atom is -0.384 e. The number of para-hydroxylation sites is 2. The highest BCUT2D eigenvalue weighted by molar-refractivity contribution is 7.92. The average Bonchev–Trinajstić information content (AvgIpc) is 3.07. The number of aromatic nitrogens is 3. The van der Waals surface area contributed by atoms with Gasteiger partial charge in [0.25, 0.3) is 0 Å². The number of allylic oxidation sites excluding steroid dienone is 2. The fraction of sp³-hybridized carbons (Fsp3) is 0.250. The first-order chi connectivity index (χ1) is 15.4. The molecule has 0 radical (unpaired) electrons. The molecule has 0 bridgehead atoms. The van der Waals surface area contributed by atoms with E-state index in [2.05, 4.69) is 11.1 Å². The molecule has 2 heterocycles. The lowest BCUT2D eigenvalue weighted by atomic mass is 9.97. The SMILES string of the molecule is Nc1c(S(=O)(=O)c2ccc(Cl)cc2)c2nc3ccccc3nc2n1CCC1=CCCCC1. The van der Waals surface area contributed by atoms with Crippen LogP contribution in [0.3, 0.4) is 0 Å². The molecule has 2 N–H and O–H groups in total. The highest BCUT2D eigenvalue weighted by Gasteiger charge is 2.30. The minimum atomic E-state index is -3.93. The summed E-state index contributed by atoms with van der Waals surface area (Å²) >= 11 is 5.97. The largest absolute Gasteiger partial charge is 0.384 e. The van der Waals surface area contributed by atoms with Gasteiger partial charge >= 0.3 is 0 Å². The Morgan fingerprint density at radius 1 is 1.00 bits per heavy atom. The predicted molar refractivity (Wildman–Crippen MR) is 128 cm³/mol. The van der Waals surface area contributed by atoms with Crippen LogP contribution in [0.1, 0.15) is 32.1 Å². The Morgan fingerprint density at radius 2 is 1.72 bits per heavy atom. The second kappa shape index (κ2) is 8.22. The Bertz CT molecular complexity index is 1460. The Morgan fingerprint density at radius 3 is 2.41 bits per heavy atom. The molecule has 2 aromatic carbocycles. The van der Waals surface area contributed by atoms with Gasteiger partial charge in [-0.2, -0.15) is 0 Å². The van der Waals surface area contributed by atoms with Gasteiger partial charge in [-0.3, -0.25) is 0 Å². The predicted octanol–water partition coefficient (Wildman–Crippen LogP) is 5.54. The van der Waals surface area contributed by atoms with E-state index >= 15 is 0 Å². The molecule has 0 unspecified atom stereocenters. The van der Waals surface area contributed by atoms with Crippen molar-refractivity contribution >= 4 is 49.5 Å². The third kappa shape index (κ3) is 3.65. The molecule has 0 saturated carbocycles. The van der Waals surface area contributed by atoms with Crippen molar-refractivity contribution in [2.75, 3.05) is 5.73 Å². The highest BCUT2D eigenvalue weighted by atomic mass is 35.5. The lowest BCUT2D eigenvalue weighted by Crippen LogP contribution is -2.09. The van der Waals surface area contributed by atoms with Gasteiger partial charge in [-0.25, -0.2) is 18.4 Å². The summed E-state index contributed by atoms with van der Waals surface area (Å²) in [7, 11) is -3.93. The van der Waals surface area contributed by atoms with Gasteiger partial charge in [0.15, 0.2) is 5.65 Å². The van der Waals surface area contributed by atoms with Gasteiger partial charge in [-0.1, -0.05) is 35.4 Å². The molecule has 0 atom stereocenters. The molecule has 8 heteroatoms. The second-order valence-electron chi connectivity index (χ2n) is 8.07. The second-order valence-corrected chi connectivity index (χ2v) is 10.4. The number of nitrogens with two attached hydrogens (primary N) is 1. The quantitative estimate of drug-likeness (QED) is 0.390. The van der Waals surface area contributed by atoms with Crippen molar-refractivity contribution < 1.29 is 8.42 Å². The van der Waals surface area contributed by atoms with Crippen molar-refractivity contribution in [3.63, 3.8) is 0 Å². The lowest BCUT2D eigenvalue weighted by Gasteiger charge is -2.14. The molecular formula is C24H23ClN4O2S. The Hall–Kier alpha value is -2.90. The van der Waals surface area contributed by atoms with Crippen molar-refractivity contribution in [3.05, 3.63) is 65.2 Å². The smallest absolute Gasteiger partial charge is 0.212 e. The van der Waals surface area contributed by atoms with Crippen LogP contribution in [0.25, 0.3) is 22.2 Å². The molecule has 0 aliphatic heterocycles. The highest BCUT2D eigenvalue weighted by Crippen LogP contribution is 2.36. The summed E-state index contributed by atoms with van der Waals surface area (Å²) in [5.41, 5.74) is 10.0. The molecule has 5 rings (SSSR count). The molecule has 32 heavy (non-hydrogen) atoms. The fourth-order valence-electron chi connectivity index (χ4n) is 4.30. The van der Waals surface area contributed by atoms with Crippen LogP contribution >= 0.6 is 11.6 Å².